The summed E-state index contributed by atoms with van der Waals surface area (Å²) in [6.45, 7) is 3.21. The van der Waals surface area contributed by atoms with Crippen LogP contribution >= 0.6 is 0 Å². The van der Waals surface area contributed by atoms with Crippen LogP contribution in [-0.4, -0.2) is 30.8 Å². The molecule has 1 saturated carbocycles. The standard InChI is InChI=1S/C14H21NO4/c1-9-13(14(17)18-2)6-12(19-9)8-15-7-10-3-4-11(16)5-10/h6,10-11,15-16H,3-5,7-8H2,1-2H3. The summed E-state index contributed by atoms with van der Waals surface area (Å²) in [6, 6.07) is 1.72. The van der Waals surface area contributed by atoms with Gasteiger partial charge in [-0.25, -0.2) is 4.79 Å². The predicted molar refractivity (Wildman–Crippen MR) is 69.8 cm³/mol. The van der Waals surface area contributed by atoms with E-state index in [0.29, 0.717) is 23.8 Å². The van der Waals surface area contributed by atoms with E-state index in [2.05, 4.69) is 10.1 Å². The van der Waals surface area contributed by atoms with Gasteiger partial charge in [-0.2, -0.15) is 0 Å². The van der Waals surface area contributed by atoms with E-state index in [0.717, 1.165) is 31.6 Å². The van der Waals surface area contributed by atoms with E-state index in [-0.39, 0.29) is 12.1 Å². The lowest BCUT2D eigenvalue weighted by Crippen LogP contribution is -2.21. The second-order valence-corrected chi connectivity index (χ2v) is 5.14. The third-order valence-corrected chi connectivity index (χ3v) is 3.62. The average Bonchev–Trinajstić information content (AvgIpc) is 2.95. The lowest BCUT2D eigenvalue weighted by Gasteiger charge is -2.09. The molecule has 2 atom stereocenters. The summed E-state index contributed by atoms with van der Waals surface area (Å²) in [7, 11) is 1.36. The predicted octanol–water partition coefficient (Wildman–Crippen LogP) is 1.63. The summed E-state index contributed by atoms with van der Waals surface area (Å²) in [6.07, 6.45) is 2.71. The number of rotatable bonds is 5. The van der Waals surface area contributed by atoms with Gasteiger partial charge in [-0.05, 0) is 44.7 Å². The number of hydrogen-bond acceptors (Lipinski definition) is 5. The number of furan rings is 1. The molecular weight excluding hydrogens is 246 g/mol. The summed E-state index contributed by atoms with van der Waals surface area (Å²) in [5, 5.41) is 12.8. The fourth-order valence-electron chi connectivity index (χ4n) is 2.58. The minimum Gasteiger partial charge on any atom is -0.465 e. The second-order valence-electron chi connectivity index (χ2n) is 5.14. The molecule has 0 spiro atoms. The fourth-order valence-corrected chi connectivity index (χ4v) is 2.58. The number of aryl methyl sites for hydroxylation is 1. The first-order chi connectivity index (χ1) is 9.10. The number of carbonyl (C=O) groups is 1. The Morgan fingerprint density at radius 3 is 3.00 bits per heavy atom. The van der Waals surface area contributed by atoms with Gasteiger partial charge in [0.05, 0.1) is 19.8 Å². The maximum atomic E-state index is 11.4. The van der Waals surface area contributed by atoms with Crippen LogP contribution < -0.4 is 5.32 Å². The summed E-state index contributed by atoms with van der Waals surface area (Å²) in [5.41, 5.74) is 0.482. The van der Waals surface area contributed by atoms with Gasteiger partial charge in [-0.1, -0.05) is 0 Å². The Morgan fingerprint density at radius 1 is 1.58 bits per heavy atom. The first-order valence-electron chi connectivity index (χ1n) is 6.66. The van der Waals surface area contributed by atoms with Crippen LogP contribution in [0.15, 0.2) is 10.5 Å². The Hall–Kier alpha value is -1.33. The smallest absolute Gasteiger partial charge is 0.341 e. The van der Waals surface area contributed by atoms with E-state index < -0.39 is 0 Å². The van der Waals surface area contributed by atoms with Gasteiger partial charge in [0.1, 0.15) is 17.1 Å². The maximum Gasteiger partial charge on any atom is 0.341 e. The molecule has 2 N–H and O–H groups in total. The fraction of sp³-hybridized carbons (Fsp3) is 0.643. The summed E-state index contributed by atoms with van der Waals surface area (Å²) in [5.74, 6) is 1.48. The van der Waals surface area contributed by atoms with Crippen LogP contribution in [0.2, 0.25) is 0 Å². The number of aliphatic hydroxyl groups is 1. The zero-order valence-electron chi connectivity index (χ0n) is 11.4. The van der Waals surface area contributed by atoms with Crippen molar-refractivity contribution in [2.45, 2.75) is 38.8 Å². The number of aliphatic hydroxyl groups excluding tert-OH is 1. The van der Waals surface area contributed by atoms with Gasteiger partial charge in [0.2, 0.25) is 0 Å². The topological polar surface area (TPSA) is 71.7 Å². The summed E-state index contributed by atoms with van der Waals surface area (Å²) >= 11 is 0. The van der Waals surface area contributed by atoms with Crippen LogP contribution in [0.3, 0.4) is 0 Å². The first-order valence-corrected chi connectivity index (χ1v) is 6.66. The minimum atomic E-state index is -0.369. The Morgan fingerprint density at radius 2 is 2.37 bits per heavy atom. The molecule has 2 rings (SSSR count). The SMILES string of the molecule is COC(=O)c1cc(CNCC2CCC(O)C2)oc1C. The summed E-state index contributed by atoms with van der Waals surface area (Å²) in [4.78, 5) is 11.4. The molecular formula is C14H21NO4. The van der Waals surface area contributed by atoms with Gasteiger partial charge in [0, 0.05) is 0 Å². The molecule has 1 fully saturated rings. The van der Waals surface area contributed by atoms with Crippen LogP contribution in [0.25, 0.3) is 0 Å². The third-order valence-electron chi connectivity index (χ3n) is 3.62. The third kappa shape index (κ3) is 3.58. The molecule has 0 aliphatic heterocycles. The Bertz CT molecular complexity index is 441. The Balaban J connectivity index is 1.81. The molecule has 19 heavy (non-hydrogen) atoms. The van der Waals surface area contributed by atoms with Crippen molar-refractivity contribution in [1.82, 2.24) is 5.32 Å². The largest absolute Gasteiger partial charge is 0.465 e. The number of hydrogen-bond donors (Lipinski definition) is 2. The molecule has 1 heterocycles. The average molecular weight is 267 g/mol. The van der Waals surface area contributed by atoms with Crippen LogP contribution in [0.1, 0.15) is 41.1 Å². The summed E-state index contributed by atoms with van der Waals surface area (Å²) < 4.78 is 10.2. The molecule has 5 heteroatoms. The minimum absolute atomic E-state index is 0.136. The van der Waals surface area contributed by atoms with E-state index in [1.807, 2.05) is 0 Å². The molecule has 0 saturated heterocycles. The van der Waals surface area contributed by atoms with Crippen molar-refractivity contribution >= 4 is 5.97 Å². The van der Waals surface area contributed by atoms with Crippen molar-refractivity contribution in [2.24, 2.45) is 5.92 Å². The van der Waals surface area contributed by atoms with Crippen molar-refractivity contribution < 1.29 is 19.1 Å². The number of nitrogens with one attached hydrogen (secondary N) is 1. The van der Waals surface area contributed by atoms with E-state index >= 15 is 0 Å². The van der Waals surface area contributed by atoms with Crippen molar-refractivity contribution in [3.05, 3.63) is 23.2 Å². The highest BCUT2D eigenvalue weighted by atomic mass is 16.5. The molecule has 5 nitrogen and oxygen atoms in total. The van der Waals surface area contributed by atoms with E-state index in [1.54, 1.807) is 13.0 Å². The van der Waals surface area contributed by atoms with Gasteiger partial charge >= 0.3 is 5.97 Å². The molecule has 0 bridgehead atoms. The molecule has 0 radical (unpaired) electrons. The van der Waals surface area contributed by atoms with E-state index in [9.17, 15) is 9.90 Å². The highest BCUT2D eigenvalue weighted by molar-refractivity contribution is 5.90. The Labute approximate surface area is 112 Å². The molecule has 0 amide bonds. The van der Waals surface area contributed by atoms with Crippen LogP contribution in [0.4, 0.5) is 0 Å². The number of esters is 1. The number of carbonyl (C=O) groups excluding carboxylic acids is 1. The van der Waals surface area contributed by atoms with Crippen molar-refractivity contribution in [3.63, 3.8) is 0 Å². The second kappa shape index (κ2) is 6.21. The van der Waals surface area contributed by atoms with Gasteiger partial charge < -0.3 is 19.6 Å². The molecule has 2 unspecified atom stereocenters. The zero-order chi connectivity index (χ0) is 13.8. The van der Waals surface area contributed by atoms with Crippen molar-refractivity contribution in [1.29, 1.82) is 0 Å². The lowest BCUT2D eigenvalue weighted by atomic mass is 10.1. The van der Waals surface area contributed by atoms with Crippen LogP contribution in [-0.2, 0) is 11.3 Å². The molecule has 1 aliphatic carbocycles. The molecule has 1 aromatic rings. The van der Waals surface area contributed by atoms with Gasteiger partial charge in [0.25, 0.3) is 0 Å². The van der Waals surface area contributed by atoms with Crippen molar-refractivity contribution in [3.8, 4) is 0 Å². The number of methoxy groups -OCH3 is 1. The van der Waals surface area contributed by atoms with Gasteiger partial charge in [-0.15, -0.1) is 0 Å². The monoisotopic (exact) mass is 267 g/mol. The van der Waals surface area contributed by atoms with Crippen molar-refractivity contribution in [2.75, 3.05) is 13.7 Å². The van der Waals surface area contributed by atoms with Gasteiger partial charge in [-0.3, -0.25) is 0 Å². The quantitative estimate of drug-likeness (QED) is 0.793. The lowest BCUT2D eigenvalue weighted by molar-refractivity contribution is 0.0599. The van der Waals surface area contributed by atoms with Crippen LogP contribution in [0.5, 0.6) is 0 Å². The molecule has 0 aromatic carbocycles. The zero-order valence-corrected chi connectivity index (χ0v) is 11.4. The molecule has 1 aliphatic rings. The first kappa shape index (κ1) is 14.1. The maximum absolute atomic E-state index is 11.4. The van der Waals surface area contributed by atoms with Gasteiger partial charge in [0.15, 0.2) is 0 Å². The normalized spacial score (nSPS) is 22.7. The van der Waals surface area contributed by atoms with E-state index in [4.69, 9.17) is 4.42 Å². The highest BCUT2D eigenvalue weighted by Gasteiger charge is 2.22. The highest BCUT2D eigenvalue weighted by Crippen LogP contribution is 2.24. The molecule has 106 valence electrons. The van der Waals surface area contributed by atoms with E-state index in [1.165, 1.54) is 7.11 Å². The molecule has 1 aromatic heterocycles. The Kier molecular flexibility index (Phi) is 4.61. The van der Waals surface area contributed by atoms with Crippen LogP contribution in [0, 0.1) is 12.8 Å². The number of ether oxygens (including phenoxy) is 1.